The first kappa shape index (κ1) is 14.5. The van der Waals surface area contributed by atoms with E-state index in [4.69, 9.17) is 5.73 Å². The fourth-order valence-corrected chi connectivity index (χ4v) is 2.55. The topological polar surface area (TPSA) is 49.6 Å². The van der Waals surface area contributed by atoms with Gasteiger partial charge in [-0.25, -0.2) is 0 Å². The molecule has 0 atom stereocenters. The zero-order valence-corrected chi connectivity index (χ0v) is 11.3. The van der Waals surface area contributed by atoms with E-state index in [1.165, 1.54) is 32.1 Å². The monoisotopic (exact) mass is 241 g/mol. The Morgan fingerprint density at radius 1 is 1.18 bits per heavy atom. The Bertz CT molecular complexity index is 225. The maximum Gasteiger partial charge on any atom is 0.223 e. The maximum atomic E-state index is 11.6. The van der Waals surface area contributed by atoms with Gasteiger partial charge in [-0.1, -0.05) is 19.3 Å². The van der Waals surface area contributed by atoms with Crippen molar-refractivity contribution in [1.82, 2.24) is 9.80 Å². The third kappa shape index (κ3) is 5.04. The summed E-state index contributed by atoms with van der Waals surface area (Å²) in [5.41, 5.74) is 5.67. The van der Waals surface area contributed by atoms with E-state index in [-0.39, 0.29) is 5.91 Å². The number of nitrogens with zero attached hydrogens (tertiary/aromatic N) is 2. The van der Waals surface area contributed by atoms with Crippen molar-refractivity contribution in [2.45, 2.75) is 44.6 Å². The molecule has 0 aromatic rings. The van der Waals surface area contributed by atoms with Gasteiger partial charge in [-0.15, -0.1) is 0 Å². The van der Waals surface area contributed by atoms with Gasteiger partial charge in [0.2, 0.25) is 5.91 Å². The van der Waals surface area contributed by atoms with Gasteiger partial charge in [0.25, 0.3) is 0 Å². The van der Waals surface area contributed by atoms with E-state index in [0.29, 0.717) is 19.0 Å². The maximum absolute atomic E-state index is 11.6. The lowest BCUT2D eigenvalue weighted by molar-refractivity contribution is -0.129. The highest BCUT2D eigenvalue weighted by Gasteiger charge is 2.21. The van der Waals surface area contributed by atoms with Crippen molar-refractivity contribution >= 4 is 5.91 Å². The minimum atomic E-state index is 0.211. The summed E-state index contributed by atoms with van der Waals surface area (Å²) in [7, 11) is 3.63. The van der Waals surface area contributed by atoms with E-state index in [0.717, 1.165) is 13.1 Å². The predicted molar refractivity (Wildman–Crippen MR) is 70.8 cm³/mol. The van der Waals surface area contributed by atoms with Gasteiger partial charge in [0.05, 0.1) is 0 Å². The first-order valence-corrected chi connectivity index (χ1v) is 6.79. The van der Waals surface area contributed by atoms with Crippen molar-refractivity contribution in [3.05, 3.63) is 0 Å². The van der Waals surface area contributed by atoms with E-state index >= 15 is 0 Å². The minimum absolute atomic E-state index is 0.211. The van der Waals surface area contributed by atoms with Crippen LogP contribution in [-0.4, -0.2) is 55.5 Å². The first-order chi connectivity index (χ1) is 8.15. The number of carbonyl (C=O) groups is 1. The second-order valence-corrected chi connectivity index (χ2v) is 5.15. The van der Waals surface area contributed by atoms with E-state index < -0.39 is 0 Å². The van der Waals surface area contributed by atoms with Crippen LogP contribution in [-0.2, 0) is 4.79 Å². The van der Waals surface area contributed by atoms with Crippen LogP contribution in [0.25, 0.3) is 0 Å². The highest BCUT2D eigenvalue weighted by atomic mass is 16.2. The number of amides is 1. The van der Waals surface area contributed by atoms with Crippen LogP contribution in [0.15, 0.2) is 0 Å². The van der Waals surface area contributed by atoms with Crippen LogP contribution in [0.5, 0.6) is 0 Å². The molecule has 4 heteroatoms. The molecule has 1 aliphatic rings. The summed E-state index contributed by atoms with van der Waals surface area (Å²) in [6.07, 6.45) is 7.18. The lowest BCUT2D eigenvalue weighted by Gasteiger charge is -2.34. The lowest BCUT2D eigenvalue weighted by atomic mass is 9.94. The molecule has 1 rings (SSSR count). The van der Waals surface area contributed by atoms with Gasteiger partial charge in [-0.3, -0.25) is 9.69 Å². The van der Waals surface area contributed by atoms with Gasteiger partial charge in [0.1, 0.15) is 0 Å². The Kier molecular flexibility index (Phi) is 6.52. The molecule has 1 fully saturated rings. The fourth-order valence-electron chi connectivity index (χ4n) is 2.55. The van der Waals surface area contributed by atoms with Crippen molar-refractivity contribution in [3.63, 3.8) is 0 Å². The predicted octanol–water partition coefficient (Wildman–Crippen LogP) is 1.06. The average molecular weight is 241 g/mol. The number of hydrogen-bond donors (Lipinski definition) is 1. The van der Waals surface area contributed by atoms with Gasteiger partial charge in [-0.05, 0) is 12.8 Å². The lowest BCUT2D eigenvalue weighted by Crippen LogP contribution is -2.42. The average Bonchev–Trinajstić information content (AvgIpc) is 2.35. The highest BCUT2D eigenvalue weighted by Crippen LogP contribution is 2.22. The van der Waals surface area contributed by atoms with Crippen molar-refractivity contribution in [3.8, 4) is 0 Å². The fraction of sp³-hybridized carbons (Fsp3) is 0.923. The van der Waals surface area contributed by atoms with Crippen LogP contribution in [0, 0.1) is 0 Å². The molecular weight excluding hydrogens is 214 g/mol. The quantitative estimate of drug-likeness (QED) is 0.756. The summed E-state index contributed by atoms with van der Waals surface area (Å²) in [5, 5.41) is 0. The van der Waals surface area contributed by atoms with Gasteiger partial charge in [-0.2, -0.15) is 0 Å². The Balaban J connectivity index is 2.38. The third-order valence-corrected chi connectivity index (χ3v) is 3.62. The van der Waals surface area contributed by atoms with Gasteiger partial charge < -0.3 is 10.6 Å². The van der Waals surface area contributed by atoms with Crippen molar-refractivity contribution < 1.29 is 4.79 Å². The second-order valence-electron chi connectivity index (χ2n) is 5.15. The Morgan fingerprint density at radius 3 is 2.35 bits per heavy atom. The Labute approximate surface area is 105 Å². The zero-order valence-electron chi connectivity index (χ0n) is 11.3. The molecule has 100 valence electrons. The minimum Gasteiger partial charge on any atom is -0.349 e. The molecule has 1 amide bonds. The molecule has 0 aromatic heterocycles. The van der Waals surface area contributed by atoms with Crippen LogP contribution in [0.4, 0.5) is 0 Å². The molecule has 0 aromatic carbocycles. The van der Waals surface area contributed by atoms with E-state index in [1.54, 1.807) is 4.90 Å². The van der Waals surface area contributed by atoms with E-state index in [2.05, 4.69) is 4.90 Å². The highest BCUT2D eigenvalue weighted by molar-refractivity contribution is 5.75. The van der Waals surface area contributed by atoms with Gasteiger partial charge >= 0.3 is 0 Å². The molecule has 0 unspecified atom stereocenters. The molecule has 0 bridgehead atoms. The van der Waals surface area contributed by atoms with Crippen LogP contribution in [0.2, 0.25) is 0 Å². The summed E-state index contributed by atoms with van der Waals surface area (Å²) in [5.74, 6) is 0.211. The molecule has 0 aliphatic heterocycles. The van der Waals surface area contributed by atoms with Crippen molar-refractivity contribution in [2.75, 3.05) is 33.7 Å². The van der Waals surface area contributed by atoms with Crippen LogP contribution in [0.3, 0.4) is 0 Å². The van der Waals surface area contributed by atoms with Crippen LogP contribution >= 0.6 is 0 Å². The SMILES string of the molecule is CN(C)C(=O)CCN(CCN)C1CCCCC1. The van der Waals surface area contributed by atoms with Crippen LogP contribution < -0.4 is 5.73 Å². The number of hydrogen-bond acceptors (Lipinski definition) is 3. The number of nitrogens with two attached hydrogens (primary N) is 1. The largest absolute Gasteiger partial charge is 0.349 e. The molecular formula is C13H27N3O. The zero-order chi connectivity index (χ0) is 12.7. The molecule has 1 saturated carbocycles. The summed E-state index contributed by atoms with van der Waals surface area (Å²) < 4.78 is 0. The van der Waals surface area contributed by atoms with Gasteiger partial charge in [0, 0.05) is 46.2 Å². The molecule has 1 aliphatic carbocycles. The summed E-state index contributed by atoms with van der Waals surface area (Å²) >= 11 is 0. The summed E-state index contributed by atoms with van der Waals surface area (Å²) in [4.78, 5) is 15.7. The standard InChI is InChI=1S/C13H27N3O/c1-15(2)13(17)8-10-16(11-9-14)12-6-4-3-5-7-12/h12H,3-11,14H2,1-2H3. The first-order valence-electron chi connectivity index (χ1n) is 6.79. The molecule has 4 nitrogen and oxygen atoms in total. The molecule has 2 N–H and O–H groups in total. The van der Waals surface area contributed by atoms with Gasteiger partial charge in [0.15, 0.2) is 0 Å². The normalized spacial score (nSPS) is 17.4. The Hall–Kier alpha value is -0.610. The number of rotatable bonds is 6. The van der Waals surface area contributed by atoms with Crippen LogP contribution in [0.1, 0.15) is 38.5 Å². The molecule has 0 saturated heterocycles. The Morgan fingerprint density at radius 2 is 1.82 bits per heavy atom. The van der Waals surface area contributed by atoms with Crippen molar-refractivity contribution in [2.24, 2.45) is 5.73 Å². The smallest absolute Gasteiger partial charge is 0.223 e. The second kappa shape index (κ2) is 7.67. The molecule has 0 spiro atoms. The van der Waals surface area contributed by atoms with Crippen molar-refractivity contribution in [1.29, 1.82) is 0 Å². The van der Waals surface area contributed by atoms with E-state index in [9.17, 15) is 4.79 Å². The summed E-state index contributed by atoms with van der Waals surface area (Å²) in [6.45, 7) is 2.47. The molecule has 0 heterocycles. The number of carbonyl (C=O) groups excluding carboxylic acids is 1. The molecule has 17 heavy (non-hydrogen) atoms. The third-order valence-electron chi connectivity index (χ3n) is 3.62. The molecule has 0 radical (unpaired) electrons. The van der Waals surface area contributed by atoms with E-state index in [1.807, 2.05) is 14.1 Å². The summed E-state index contributed by atoms with van der Waals surface area (Å²) in [6, 6.07) is 0.655.